The first-order valence-electron chi connectivity index (χ1n) is 6.15. The number of carbonyl (C=O) groups excluding carboxylic acids is 1. The van der Waals surface area contributed by atoms with Gasteiger partial charge in [0.25, 0.3) is 5.91 Å². The van der Waals surface area contributed by atoms with Gasteiger partial charge >= 0.3 is 0 Å². The van der Waals surface area contributed by atoms with Crippen molar-refractivity contribution in [2.45, 2.75) is 13.3 Å². The summed E-state index contributed by atoms with van der Waals surface area (Å²) >= 11 is 0. The lowest BCUT2D eigenvalue weighted by Gasteiger charge is -2.20. The maximum Gasteiger partial charge on any atom is 0.253 e. The second kappa shape index (κ2) is 5.73. The molecule has 1 aliphatic rings. The van der Waals surface area contributed by atoms with Gasteiger partial charge in [-0.15, -0.1) is 0 Å². The Balaban J connectivity index is 2.12. The zero-order chi connectivity index (χ0) is 13.0. The van der Waals surface area contributed by atoms with E-state index in [1.807, 2.05) is 6.92 Å². The van der Waals surface area contributed by atoms with Crippen molar-refractivity contribution in [1.82, 2.24) is 4.90 Å². The number of ether oxygens (including phenoxy) is 2. The number of fused-ring (bicyclic) bond motifs is 1. The summed E-state index contributed by atoms with van der Waals surface area (Å²) in [6, 6.07) is 5.27. The first-order valence-corrected chi connectivity index (χ1v) is 6.15. The molecule has 0 unspecified atom stereocenters. The predicted molar refractivity (Wildman–Crippen MR) is 67.8 cm³/mol. The van der Waals surface area contributed by atoms with Crippen LogP contribution in [0.5, 0.6) is 11.5 Å². The van der Waals surface area contributed by atoms with E-state index in [9.17, 15) is 4.79 Å². The fourth-order valence-electron chi connectivity index (χ4n) is 1.90. The normalized spacial score (nSPS) is 12.6. The lowest BCUT2D eigenvalue weighted by molar-refractivity contribution is 0.0763. The number of carbonyl (C=O) groups is 1. The van der Waals surface area contributed by atoms with Crippen LogP contribution in [0.15, 0.2) is 18.2 Å². The molecule has 1 heterocycles. The van der Waals surface area contributed by atoms with E-state index in [0.717, 1.165) is 6.42 Å². The lowest BCUT2D eigenvalue weighted by Crippen LogP contribution is -2.32. The lowest BCUT2D eigenvalue weighted by atomic mass is 10.1. The number of hydrogen-bond acceptors (Lipinski definition) is 4. The molecular formula is C13H18N2O3. The Morgan fingerprint density at radius 2 is 2.17 bits per heavy atom. The Morgan fingerprint density at radius 3 is 2.89 bits per heavy atom. The van der Waals surface area contributed by atoms with Gasteiger partial charge in [-0.1, -0.05) is 0 Å². The second-order valence-corrected chi connectivity index (χ2v) is 4.10. The van der Waals surface area contributed by atoms with Gasteiger partial charge in [0, 0.05) is 18.7 Å². The van der Waals surface area contributed by atoms with Crippen LogP contribution in [0.1, 0.15) is 23.7 Å². The number of nitrogens with two attached hydrogens (primary N) is 1. The largest absolute Gasteiger partial charge is 0.454 e. The molecule has 0 saturated carbocycles. The summed E-state index contributed by atoms with van der Waals surface area (Å²) in [4.78, 5) is 14.1. The summed E-state index contributed by atoms with van der Waals surface area (Å²) in [6.07, 6.45) is 0.810. The maximum absolute atomic E-state index is 12.3. The van der Waals surface area contributed by atoms with Crippen molar-refractivity contribution in [3.63, 3.8) is 0 Å². The Kier molecular flexibility index (Phi) is 4.04. The van der Waals surface area contributed by atoms with Crippen molar-refractivity contribution >= 4 is 5.91 Å². The summed E-state index contributed by atoms with van der Waals surface area (Å²) in [6.45, 7) is 4.12. The van der Waals surface area contributed by atoms with Gasteiger partial charge in [0.2, 0.25) is 6.79 Å². The van der Waals surface area contributed by atoms with Gasteiger partial charge in [0.15, 0.2) is 11.5 Å². The van der Waals surface area contributed by atoms with E-state index < -0.39 is 0 Å². The molecule has 1 aromatic rings. The van der Waals surface area contributed by atoms with Crippen molar-refractivity contribution < 1.29 is 14.3 Å². The molecule has 0 saturated heterocycles. The van der Waals surface area contributed by atoms with Crippen LogP contribution < -0.4 is 15.2 Å². The third-order valence-electron chi connectivity index (χ3n) is 2.92. The van der Waals surface area contributed by atoms with E-state index in [1.54, 1.807) is 23.1 Å². The Labute approximate surface area is 106 Å². The molecular weight excluding hydrogens is 232 g/mol. The van der Waals surface area contributed by atoms with E-state index in [4.69, 9.17) is 15.2 Å². The summed E-state index contributed by atoms with van der Waals surface area (Å²) in [5.41, 5.74) is 6.09. The topological polar surface area (TPSA) is 64.8 Å². The second-order valence-electron chi connectivity index (χ2n) is 4.10. The molecule has 0 aromatic heterocycles. The summed E-state index contributed by atoms with van der Waals surface area (Å²) in [5.74, 6) is 1.33. The Bertz CT molecular complexity index is 434. The van der Waals surface area contributed by atoms with Gasteiger partial charge < -0.3 is 20.1 Å². The van der Waals surface area contributed by atoms with E-state index in [-0.39, 0.29) is 12.7 Å². The van der Waals surface area contributed by atoms with E-state index in [1.165, 1.54) is 0 Å². The molecule has 18 heavy (non-hydrogen) atoms. The highest BCUT2D eigenvalue weighted by atomic mass is 16.7. The monoisotopic (exact) mass is 250 g/mol. The molecule has 0 bridgehead atoms. The molecule has 0 atom stereocenters. The van der Waals surface area contributed by atoms with Gasteiger partial charge in [0.05, 0.1) is 0 Å². The van der Waals surface area contributed by atoms with Crippen LogP contribution in [0, 0.1) is 0 Å². The maximum atomic E-state index is 12.3. The average Bonchev–Trinajstić information content (AvgIpc) is 2.86. The first-order chi connectivity index (χ1) is 8.76. The first kappa shape index (κ1) is 12.7. The van der Waals surface area contributed by atoms with Gasteiger partial charge in [-0.3, -0.25) is 4.79 Å². The molecule has 5 heteroatoms. The third kappa shape index (κ3) is 2.56. The van der Waals surface area contributed by atoms with Crippen LogP contribution >= 0.6 is 0 Å². The van der Waals surface area contributed by atoms with Crippen LogP contribution in [0.25, 0.3) is 0 Å². The highest BCUT2D eigenvalue weighted by Gasteiger charge is 2.19. The number of rotatable bonds is 5. The third-order valence-corrected chi connectivity index (χ3v) is 2.92. The predicted octanol–water partition coefficient (Wildman–Crippen LogP) is 1.23. The quantitative estimate of drug-likeness (QED) is 0.853. The Morgan fingerprint density at radius 1 is 1.39 bits per heavy atom. The van der Waals surface area contributed by atoms with Crippen LogP contribution in [-0.4, -0.2) is 37.2 Å². The van der Waals surface area contributed by atoms with Gasteiger partial charge in [-0.05, 0) is 38.1 Å². The van der Waals surface area contributed by atoms with Crippen molar-refractivity contribution in [1.29, 1.82) is 0 Å². The van der Waals surface area contributed by atoms with Crippen LogP contribution in [-0.2, 0) is 0 Å². The minimum absolute atomic E-state index is 0.00394. The zero-order valence-corrected chi connectivity index (χ0v) is 10.5. The highest BCUT2D eigenvalue weighted by Crippen LogP contribution is 2.32. The van der Waals surface area contributed by atoms with Crippen molar-refractivity contribution in [2.75, 3.05) is 26.4 Å². The van der Waals surface area contributed by atoms with Gasteiger partial charge in [-0.25, -0.2) is 0 Å². The molecule has 2 N–H and O–H groups in total. The molecule has 1 aliphatic heterocycles. The van der Waals surface area contributed by atoms with E-state index >= 15 is 0 Å². The number of amides is 1. The van der Waals surface area contributed by atoms with Crippen LogP contribution in [0.4, 0.5) is 0 Å². The minimum atomic E-state index is 0.00394. The number of hydrogen-bond donors (Lipinski definition) is 1. The molecule has 0 radical (unpaired) electrons. The molecule has 0 aliphatic carbocycles. The molecule has 1 amide bonds. The number of benzene rings is 1. The van der Waals surface area contributed by atoms with Crippen molar-refractivity contribution in [2.24, 2.45) is 5.73 Å². The van der Waals surface area contributed by atoms with Gasteiger partial charge in [0.1, 0.15) is 0 Å². The summed E-state index contributed by atoms with van der Waals surface area (Å²) in [5, 5.41) is 0. The molecule has 0 fully saturated rings. The van der Waals surface area contributed by atoms with Crippen LogP contribution in [0.2, 0.25) is 0 Å². The van der Waals surface area contributed by atoms with Crippen molar-refractivity contribution in [3.8, 4) is 11.5 Å². The highest BCUT2D eigenvalue weighted by molar-refractivity contribution is 5.95. The molecule has 2 rings (SSSR count). The zero-order valence-electron chi connectivity index (χ0n) is 10.5. The molecule has 5 nitrogen and oxygen atoms in total. The fraction of sp³-hybridized carbons (Fsp3) is 0.462. The average molecular weight is 250 g/mol. The number of nitrogens with zero attached hydrogens (tertiary/aromatic N) is 1. The molecule has 1 aromatic carbocycles. The molecule has 98 valence electrons. The molecule has 0 spiro atoms. The Hall–Kier alpha value is -1.75. The standard InChI is InChI=1S/C13H18N2O3/c1-2-15(7-3-6-14)13(16)10-4-5-11-12(8-10)18-9-17-11/h4-5,8H,2-3,6-7,9,14H2,1H3. The minimum Gasteiger partial charge on any atom is -0.454 e. The fourth-order valence-corrected chi connectivity index (χ4v) is 1.90. The van der Waals surface area contributed by atoms with E-state index in [2.05, 4.69) is 0 Å². The van der Waals surface area contributed by atoms with Crippen LogP contribution in [0.3, 0.4) is 0 Å². The SMILES string of the molecule is CCN(CCCN)C(=O)c1ccc2c(c1)OCO2. The summed E-state index contributed by atoms with van der Waals surface area (Å²) < 4.78 is 10.5. The smallest absolute Gasteiger partial charge is 0.253 e. The van der Waals surface area contributed by atoms with E-state index in [0.29, 0.717) is 36.7 Å². The summed E-state index contributed by atoms with van der Waals surface area (Å²) in [7, 11) is 0. The van der Waals surface area contributed by atoms with Crippen molar-refractivity contribution in [3.05, 3.63) is 23.8 Å². The van der Waals surface area contributed by atoms with Gasteiger partial charge in [-0.2, -0.15) is 0 Å².